The molecule has 4 nitrogen and oxygen atoms in total. The number of rotatable bonds is 7. The normalized spacial score (nSPS) is 19.7. The van der Waals surface area contributed by atoms with Crippen LogP contribution in [0.1, 0.15) is 72.9 Å². The third kappa shape index (κ3) is 5.24. The summed E-state index contributed by atoms with van der Waals surface area (Å²) in [4.78, 5) is 21.1. The van der Waals surface area contributed by atoms with E-state index >= 15 is 0 Å². The van der Waals surface area contributed by atoms with Gasteiger partial charge in [0, 0.05) is 35.8 Å². The molecule has 0 saturated heterocycles. The molecule has 1 atom stereocenters. The van der Waals surface area contributed by atoms with Crippen LogP contribution >= 0.6 is 0 Å². The van der Waals surface area contributed by atoms with Gasteiger partial charge in [0.15, 0.2) is 5.78 Å². The van der Waals surface area contributed by atoms with E-state index in [4.69, 9.17) is 4.74 Å². The summed E-state index contributed by atoms with van der Waals surface area (Å²) in [5, 5.41) is 0.799. The predicted octanol–water partition coefficient (Wildman–Crippen LogP) is 7.23. The SMILES string of the molecule is CC[C@@H](CC(=O)c1ccc(OC)nc1)C1CCC(c2ccnc3cc(C(F)(F)F)ccc23)CC1. The fourth-order valence-corrected chi connectivity index (χ4v) is 5.27. The van der Waals surface area contributed by atoms with Crippen LogP contribution in [0.2, 0.25) is 0 Å². The Morgan fingerprint density at radius 2 is 1.85 bits per heavy atom. The van der Waals surface area contributed by atoms with E-state index in [2.05, 4.69) is 16.9 Å². The molecule has 1 fully saturated rings. The van der Waals surface area contributed by atoms with E-state index in [1.165, 1.54) is 0 Å². The van der Waals surface area contributed by atoms with Gasteiger partial charge in [0.05, 0.1) is 18.2 Å². The first kappa shape index (κ1) is 24.2. The van der Waals surface area contributed by atoms with Crippen LogP contribution in [0.15, 0.2) is 48.8 Å². The lowest BCUT2D eigenvalue weighted by Gasteiger charge is -2.34. The lowest BCUT2D eigenvalue weighted by molar-refractivity contribution is -0.137. The molecule has 2 aromatic heterocycles. The molecule has 4 rings (SSSR count). The number of halogens is 3. The van der Waals surface area contributed by atoms with Crippen molar-refractivity contribution < 1.29 is 22.7 Å². The number of ether oxygens (including phenoxy) is 1. The van der Waals surface area contributed by atoms with Gasteiger partial charge in [-0.15, -0.1) is 0 Å². The van der Waals surface area contributed by atoms with Gasteiger partial charge in [0.25, 0.3) is 0 Å². The summed E-state index contributed by atoms with van der Waals surface area (Å²) < 4.78 is 44.3. The maximum absolute atomic E-state index is 13.1. The first-order chi connectivity index (χ1) is 16.3. The molecule has 0 amide bonds. The number of pyridine rings is 2. The highest BCUT2D eigenvalue weighted by atomic mass is 19.4. The monoisotopic (exact) mass is 470 g/mol. The Morgan fingerprint density at radius 3 is 2.47 bits per heavy atom. The topological polar surface area (TPSA) is 52.1 Å². The minimum Gasteiger partial charge on any atom is -0.481 e. The lowest BCUT2D eigenvalue weighted by Crippen LogP contribution is -2.23. The Balaban J connectivity index is 1.42. The highest BCUT2D eigenvalue weighted by Crippen LogP contribution is 2.43. The van der Waals surface area contributed by atoms with Crippen LogP contribution in [0.5, 0.6) is 5.88 Å². The van der Waals surface area contributed by atoms with Crippen LogP contribution in [-0.2, 0) is 6.18 Å². The van der Waals surface area contributed by atoms with Gasteiger partial charge in [-0.05, 0) is 73.3 Å². The van der Waals surface area contributed by atoms with Gasteiger partial charge >= 0.3 is 6.18 Å². The number of Topliss-reactive ketones (excluding diaryl/α,β-unsaturated/α-hetero) is 1. The van der Waals surface area contributed by atoms with Gasteiger partial charge in [0.2, 0.25) is 5.88 Å². The van der Waals surface area contributed by atoms with Crippen LogP contribution in [0.4, 0.5) is 13.2 Å². The fourth-order valence-electron chi connectivity index (χ4n) is 5.27. The molecule has 1 aliphatic carbocycles. The first-order valence-corrected chi connectivity index (χ1v) is 11.8. The van der Waals surface area contributed by atoms with Crippen molar-refractivity contribution in [2.45, 2.75) is 57.5 Å². The van der Waals surface area contributed by atoms with Crippen LogP contribution in [0, 0.1) is 11.8 Å². The minimum atomic E-state index is -4.38. The molecule has 0 N–H and O–H groups in total. The van der Waals surface area contributed by atoms with Crippen molar-refractivity contribution >= 4 is 16.7 Å². The third-order valence-corrected chi connectivity index (χ3v) is 7.22. The first-order valence-electron chi connectivity index (χ1n) is 11.8. The van der Waals surface area contributed by atoms with Crippen molar-refractivity contribution in [3.8, 4) is 5.88 Å². The third-order valence-electron chi connectivity index (χ3n) is 7.22. The number of hydrogen-bond donors (Lipinski definition) is 0. The Kier molecular flexibility index (Phi) is 7.19. The minimum absolute atomic E-state index is 0.102. The highest BCUT2D eigenvalue weighted by molar-refractivity contribution is 5.96. The average molecular weight is 471 g/mol. The summed E-state index contributed by atoms with van der Waals surface area (Å²) in [5.74, 6) is 1.64. The molecule has 0 radical (unpaired) electrons. The summed E-state index contributed by atoms with van der Waals surface area (Å²) in [7, 11) is 1.54. The van der Waals surface area contributed by atoms with Crippen LogP contribution in [-0.4, -0.2) is 22.9 Å². The molecule has 0 unspecified atom stereocenters. The van der Waals surface area contributed by atoms with Gasteiger partial charge in [-0.2, -0.15) is 13.2 Å². The van der Waals surface area contributed by atoms with Crippen molar-refractivity contribution in [2.24, 2.45) is 11.8 Å². The maximum Gasteiger partial charge on any atom is 0.416 e. The Morgan fingerprint density at radius 1 is 1.09 bits per heavy atom. The van der Waals surface area contributed by atoms with E-state index in [0.717, 1.165) is 55.2 Å². The highest BCUT2D eigenvalue weighted by Gasteiger charge is 2.32. The number of methoxy groups -OCH3 is 1. The van der Waals surface area contributed by atoms with Crippen LogP contribution in [0.25, 0.3) is 10.9 Å². The van der Waals surface area contributed by atoms with E-state index in [0.29, 0.717) is 35.2 Å². The van der Waals surface area contributed by atoms with Crippen LogP contribution < -0.4 is 4.74 Å². The molecule has 34 heavy (non-hydrogen) atoms. The fraction of sp³-hybridized carbons (Fsp3) is 0.444. The largest absolute Gasteiger partial charge is 0.481 e. The molecule has 2 heterocycles. The van der Waals surface area contributed by atoms with Crippen molar-refractivity contribution in [2.75, 3.05) is 7.11 Å². The molecule has 0 spiro atoms. The summed E-state index contributed by atoms with van der Waals surface area (Å²) in [5.41, 5.74) is 1.40. The molecule has 0 bridgehead atoms. The molecule has 1 saturated carbocycles. The number of nitrogens with zero attached hydrogens (tertiary/aromatic N) is 2. The van der Waals surface area contributed by atoms with E-state index in [1.807, 2.05) is 6.07 Å². The Bertz CT molecular complexity index is 1140. The molecular formula is C27H29F3N2O2. The summed E-state index contributed by atoms with van der Waals surface area (Å²) in [6.45, 7) is 2.13. The molecule has 3 aromatic rings. The van der Waals surface area contributed by atoms with Gasteiger partial charge in [-0.1, -0.05) is 19.4 Å². The van der Waals surface area contributed by atoms with Gasteiger partial charge in [-0.3, -0.25) is 9.78 Å². The second kappa shape index (κ2) is 10.1. The molecular weight excluding hydrogens is 441 g/mol. The number of carbonyl (C=O) groups is 1. The van der Waals surface area contributed by atoms with Gasteiger partial charge in [0.1, 0.15) is 0 Å². The zero-order chi connectivity index (χ0) is 24.3. The summed E-state index contributed by atoms with van der Waals surface area (Å²) >= 11 is 0. The van der Waals surface area contributed by atoms with Gasteiger partial charge < -0.3 is 4.74 Å². The lowest BCUT2D eigenvalue weighted by atomic mass is 9.71. The van der Waals surface area contributed by atoms with Crippen molar-refractivity contribution in [3.63, 3.8) is 0 Å². The molecule has 0 aliphatic heterocycles. The van der Waals surface area contributed by atoms with Crippen molar-refractivity contribution in [3.05, 3.63) is 65.5 Å². The zero-order valence-corrected chi connectivity index (χ0v) is 19.4. The molecule has 1 aliphatic rings. The number of fused-ring (bicyclic) bond motifs is 1. The smallest absolute Gasteiger partial charge is 0.416 e. The summed E-state index contributed by atoms with van der Waals surface area (Å²) in [6, 6.07) is 9.25. The Hall–Kier alpha value is -2.96. The number of benzene rings is 1. The summed E-state index contributed by atoms with van der Waals surface area (Å²) in [6.07, 6.45) is 4.16. The standard InChI is InChI=1S/C27H29F3N2O2/c1-3-17(14-25(33)20-8-11-26(34-2)32-16-20)18-4-6-19(7-5-18)22-12-13-31-24-15-21(27(28,29)30)9-10-23(22)24/h8-13,15-19H,3-7,14H2,1-2H3/t17-,18?,19?/m0/s1. The van der Waals surface area contributed by atoms with E-state index in [1.54, 1.807) is 37.7 Å². The second-order valence-corrected chi connectivity index (χ2v) is 9.13. The average Bonchev–Trinajstić information content (AvgIpc) is 2.86. The van der Waals surface area contributed by atoms with E-state index in [9.17, 15) is 18.0 Å². The quantitative estimate of drug-likeness (QED) is 0.342. The molecule has 7 heteroatoms. The Labute approximate surface area is 197 Å². The maximum atomic E-state index is 13.1. The van der Waals surface area contributed by atoms with E-state index in [-0.39, 0.29) is 11.7 Å². The van der Waals surface area contributed by atoms with Gasteiger partial charge in [-0.25, -0.2) is 4.98 Å². The van der Waals surface area contributed by atoms with Crippen molar-refractivity contribution in [1.29, 1.82) is 0 Å². The zero-order valence-electron chi connectivity index (χ0n) is 19.4. The molecule has 180 valence electrons. The number of carbonyl (C=O) groups excluding carboxylic acids is 1. The van der Waals surface area contributed by atoms with E-state index < -0.39 is 11.7 Å². The number of ketones is 1. The number of aromatic nitrogens is 2. The number of alkyl halides is 3. The molecule has 1 aromatic carbocycles. The second-order valence-electron chi connectivity index (χ2n) is 9.13. The van der Waals surface area contributed by atoms with Crippen molar-refractivity contribution in [1.82, 2.24) is 9.97 Å². The predicted molar refractivity (Wildman–Crippen MR) is 125 cm³/mol. The van der Waals surface area contributed by atoms with Crippen LogP contribution in [0.3, 0.4) is 0 Å². The number of hydrogen-bond acceptors (Lipinski definition) is 4.